The molecule has 0 atom stereocenters. The molecule has 0 aliphatic heterocycles. The molecule has 2 heterocycles. The molecule has 0 aliphatic rings. The van der Waals surface area contributed by atoms with Gasteiger partial charge in [0, 0.05) is 24.1 Å². The van der Waals surface area contributed by atoms with E-state index in [0.717, 1.165) is 11.6 Å². The fourth-order valence-corrected chi connectivity index (χ4v) is 2.43. The molecule has 134 valence electrons. The number of pyridine rings is 1. The van der Waals surface area contributed by atoms with Crippen LogP contribution in [0.1, 0.15) is 5.82 Å². The number of rotatable bonds is 5. The maximum absolute atomic E-state index is 12.2. The fourth-order valence-electron chi connectivity index (χ4n) is 2.43. The number of amides is 2. The van der Waals surface area contributed by atoms with Crippen LogP contribution < -0.4 is 20.1 Å². The monoisotopic (exact) mass is 353 g/mol. The predicted octanol–water partition coefficient (Wildman–Crippen LogP) is 3.24. The van der Waals surface area contributed by atoms with Crippen molar-refractivity contribution in [3.63, 3.8) is 0 Å². The van der Waals surface area contributed by atoms with Crippen LogP contribution in [0.4, 0.5) is 16.2 Å². The number of aryl methyl sites for hydroxylation is 1. The van der Waals surface area contributed by atoms with E-state index in [4.69, 9.17) is 9.47 Å². The van der Waals surface area contributed by atoms with Crippen molar-refractivity contribution in [2.75, 3.05) is 24.9 Å². The van der Waals surface area contributed by atoms with E-state index in [0.29, 0.717) is 22.9 Å². The van der Waals surface area contributed by atoms with Crippen LogP contribution in [-0.2, 0) is 0 Å². The van der Waals surface area contributed by atoms with Gasteiger partial charge in [-0.25, -0.2) is 14.8 Å². The molecule has 0 saturated carbocycles. The second kappa shape index (κ2) is 7.56. The lowest BCUT2D eigenvalue weighted by molar-refractivity contribution is 0.262. The van der Waals surface area contributed by atoms with Crippen LogP contribution in [-0.4, -0.2) is 34.8 Å². The summed E-state index contributed by atoms with van der Waals surface area (Å²) in [7, 11) is 3.09. The minimum Gasteiger partial charge on any atom is -0.493 e. The van der Waals surface area contributed by atoms with E-state index in [1.54, 1.807) is 49.8 Å². The molecule has 0 saturated heterocycles. The highest BCUT2D eigenvalue weighted by molar-refractivity contribution is 5.99. The number of hydrogen-bond donors (Lipinski definition) is 2. The van der Waals surface area contributed by atoms with E-state index in [-0.39, 0.29) is 6.03 Å². The van der Waals surface area contributed by atoms with E-state index in [1.165, 1.54) is 7.11 Å². The van der Waals surface area contributed by atoms with Gasteiger partial charge in [0.2, 0.25) is 0 Å². The Morgan fingerprint density at radius 3 is 2.35 bits per heavy atom. The number of carbonyl (C=O) groups excluding carboxylic acids is 1. The molecule has 0 spiro atoms. The maximum atomic E-state index is 12.2. The maximum Gasteiger partial charge on any atom is 0.323 e. The summed E-state index contributed by atoms with van der Waals surface area (Å²) < 4.78 is 12.2. The smallest absolute Gasteiger partial charge is 0.323 e. The largest absolute Gasteiger partial charge is 0.493 e. The van der Waals surface area contributed by atoms with Gasteiger partial charge in [-0.15, -0.1) is 0 Å². The number of aromatic nitrogens is 3. The molecule has 0 radical (unpaired) electrons. The molecule has 3 rings (SSSR count). The number of ether oxygens (including phenoxy) is 2. The van der Waals surface area contributed by atoms with Gasteiger partial charge in [0.05, 0.1) is 26.1 Å². The molecule has 2 N–H and O–H groups in total. The zero-order valence-corrected chi connectivity index (χ0v) is 14.7. The summed E-state index contributed by atoms with van der Waals surface area (Å²) in [6, 6.07) is 8.33. The van der Waals surface area contributed by atoms with Gasteiger partial charge in [0.15, 0.2) is 11.5 Å². The highest BCUT2D eigenvalue weighted by Crippen LogP contribution is 2.29. The summed E-state index contributed by atoms with van der Waals surface area (Å²) in [4.78, 5) is 20.7. The third-order valence-corrected chi connectivity index (χ3v) is 3.72. The Morgan fingerprint density at radius 2 is 1.73 bits per heavy atom. The third kappa shape index (κ3) is 3.75. The van der Waals surface area contributed by atoms with E-state index >= 15 is 0 Å². The summed E-state index contributed by atoms with van der Waals surface area (Å²) in [6.07, 6.45) is 5.12. The van der Waals surface area contributed by atoms with Crippen LogP contribution in [0, 0.1) is 6.92 Å². The van der Waals surface area contributed by atoms with E-state index in [2.05, 4.69) is 20.6 Å². The summed E-state index contributed by atoms with van der Waals surface area (Å²) >= 11 is 0. The summed E-state index contributed by atoms with van der Waals surface area (Å²) in [5.74, 6) is 2.69. The minimum absolute atomic E-state index is 0.384. The average Bonchev–Trinajstić information content (AvgIpc) is 3.08. The van der Waals surface area contributed by atoms with Crippen molar-refractivity contribution in [3.8, 4) is 17.3 Å². The second-order valence-electron chi connectivity index (χ2n) is 5.40. The van der Waals surface area contributed by atoms with Gasteiger partial charge >= 0.3 is 6.03 Å². The van der Waals surface area contributed by atoms with E-state index < -0.39 is 0 Å². The second-order valence-corrected chi connectivity index (χ2v) is 5.40. The van der Waals surface area contributed by atoms with Crippen molar-refractivity contribution in [2.24, 2.45) is 0 Å². The Morgan fingerprint density at radius 1 is 1.00 bits per heavy atom. The minimum atomic E-state index is -0.384. The number of anilines is 2. The molecule has 26 heavy (non-hydrogen) atoms. The Kier molecular flexibility index (Phi) is 5.02. The number of nitrogens with one attached hydrogen (secondary N) is 2. The van der Waals surface area contributed by atoms with Crippen LogP contribution >= 0.6 is 0 Å². The van der Waals surface area contributed by atoms with Crippen LogP contribution in [0.2, 0.25) is 0 Å². The Labute approximate surface area is 150 Å². The summed E-state index contributed by atoms with van der Waals surface area (Å²) in [5.41, 5.74) is 1.16. The highest BCUT2D eigenvalue weighted by atomic mass is 16.5. The molecule has 0 fully saturated rings. The number of hydrogen-bond acceptors (Lipinski definition) is 5. The van der Waals surface area contributed by atoms with Gasteiger partial charge in [0.1, 0.15) is 11.6 Å². The van der Waals surface area contributed by atoms with Gasteiger partial charge in [-0.1, -0.05) is 0 Å². The molecule has 2 amide bonds. The van der Waals surface area contributed by atoms with Crippen LogP contribution in [0.5, 0.6) is 11.5 Å². The Hall–Kier alpha value is -3.55. The van der Waals surface area contributed by atoms with E-state index in [1.807, 2.05) is 17.7 Å². The van der Waals surface area contributed by atoms with Crippen molar-refractivity contribution in [1.82, 2.24) is 14.5 Å². The normalized spacial score (nSPS) is 10.3. The van der Waals surface area contributed by atoms with Gasteiger partial charge in [-0.2, -0.15) is 0 Å². The van der Waals surface area contributed by atoms with Gasteiger partial charge in [-0.05, 0) is 31.2 Å². The highest BCUT2D eigenvalue weighted by Gasteiger charge is 2.08. The van der Waals surface area contributed by atoms with Crippen molar-refractivity contribution >= 4 is 17.4 Å². The first-order valence-corrected chi connectivity index (χ1v) is 7.87. The summed E-state index contributed by atoms with van der Waals surface area (Å²) in [5, 5.41) is 5.47. The quantitative estimate of drug-likeness (QED) is 0.735. The first kappa shape index (κ1) is 17.3. The van der Waals surface area contributed by atoms with Crippen molar-refractivity contribution in [2.45, 2.75) is 6.92 Å². The van der Waals surface area contributed by atoms with Crippen LogP contribution in [0.25, 0.3) is 5.82 Å². The lowest BCUT2D eigenvalue weighted by Crippen LogP contribution is -2.19. The number of urea groups is 1. The zero-order valence-electron chi connectivity index (χ0n) is 14.7. The van der Waals surface area contributed by atoms with Gasteiger partial charge in [-0.3, -0.25) is 4.57 Å². The molecule has 0 bridgehead atoms. The SMILES string of the molecule is COc1ccc(NC(=O)Nc2ccc(-n3ccnc3C)nc2)cc1OC. The zero-order chi connectivity index (χ0) is 18.5. The molecule has 2 aromatic heterocycles. The first-order chi connectivity index (χ1) is 12.6. The van der Waals surface area contributed by atoms with Crippen molar-refractivity contribution in [3.05, 3.63) is 54.7 Å². The number of carbonyl (C=O) groups is 1. The van der Waals surface area contributed by atoms with Gasteiger partial charge < -0.3 is 20.1 Å². The molecule has 3 aromatic rings. The first-order valence-electron chi connectivity index (χ1n) is 7.87. The van der Waals surface area contributed by atoms with Crippen LogP contribution in [0.3, 0.4) is 0 Å². The molecular formula is C18H19N5O3. The number of benzene rings is 1. The number of imidazole rings is 1. The molecule has 1 aromatic carbocycles. The van der Waals surface area contributed by atoms with Crippen molar-refractivity contribution in [1.29, 1.82) is 0 Å². The Bertz CT molecular complexity index is 905. The lowest BCUT2D eigenvalue weighted by Gasteiger charge is -2.11. The Balaban J connectivity index is 1.66. The predicted molar refractivity (Wildman–Crippen MR) is 98.3 cm³/mol. The topological polar surface area (TPSA) is 90.3 Å². The molecule has 8 heteroatoms. The van der Waals surface area contributed by atoms with E-state index in [9.17, 15) is 4.79 Å². The average molecular weight is 353 g/mol. The third-order valence-electron chi connectivity index (χ3n) is 3.72. The number of methoxy groups -OCH3 is 2. The molecule has 8 nitrogen and oxygen atoms in total. The molecular weight excluding hydrogens is 334 g/mol. The standard InChI is InChI=1S/C18H19N5O3/c1-12-19-8-9-23(12)17-7-5-14(11-20-17)22-18(24)21-13-4-6-15(25-2)16(10-13)26-3/h4-11H,1-3H3,(H2,21,22,24). The molecule has 0 aliphatic carbocycles. The van der Waals surface area contributed by atoms with Crippen molar-refractivity contribution < 1.29 is 14.3 Å². The molecule has 0 unspecified atom stereocenters. The van der Waals surface area contributed by atoms with Crippen LogP contribution in [0.15, 0.2) is 48.9 Å². The fraction of sp³-hybridized carbons (Fsp3) is 0.167. The summed E-state index contributed by atoms with van der Waals surface area (Å²) in [6.45, 7) is 1.89. The van der Waals surface area contributed by atoms with Gasteiger partial charge in [0.25, 0.3) is 0 Å². The number of nitrogens with zero attached hydrogens (tertiary/aromatic N) is 3. The lowest BCUT2D eigenvalue weighted by atomic mass is 10.3.